The van der Waals surface area contributed by atoms with Crippen LogP contribution in [0.2, 0.25) is 0 Å². The summed E-state index contributed by atoms with van der Waals surface area (Å²) in [6.45, 7) is 0. The number of aliphatic hydroxyl groups is 2. The highest BCUT2D eigenvalue weighted by Gasteiger charge is 2.30. The highest BCUT2D eigenvalue weighted by atomic mass is 16.3. The standard InChI is InChI=1S/C6H6O4/c7-3-1-2-4(8)6(10)5(3)9/h1-2,5-6,9-10H/t5-,6-/m1/s1. The lowest BCUT2D eigenvalue weighted by atomic mass is 9.99. The summed E-state index contributed by atoms with van der Waals surface area (Å²) >= 11 is 0. The number of aliphatic hydroxyl groups excluding tert-OH is 2. The van der Waals surface area contributed by atoms with E-state index in [0.717, 1.165) is 12.2 Å². The van der Waals surface area contributed by atoms with Gasteiger partial charge >= 0.3 is 0 Å². The molecule has 4 nitrogen and oxygen atoms in total. The van der Waals surface area contributed by atoms with Crippen LogP contribution in [-0.4, -0.2) is 34.0 Å². The van der Waals surface area contributed by atoms with Crippen molar-refractivity contribution < 1.29 is 19.8 Å². The molecule has 0 saturated carbocycles. The second-order valence-corrected chi connectivity index (χ2v) is 2.03. The van der Waals surface area contributed by atoms with E-state index in [4.69, 9.17) is 10.2 Å². The number of carbonyl (C=O) groups is 2. The van der Waals surface area contributed by atoms with Gasteiger partial charge in [0.15, 0.2) is 11.6 Å². The van der Waals surface area contributed by atoms with Gasteiger partial charge in [0.2, 0.25) is 0 Å². The van der Waals surface area contributed by atoms with Crippen molar-refractivity contribution in [2.45, 2.75) is 12.2 Å². The lowest BCUT2D eigenvalue weighted by Gasteiger charge is -2.15. The number of hydrogen-bond acceptors (Lipinski definition) is 4. The molecular weight excluding hydrogens is 136 g/mol. The van der Waals surface area contributed by atoms with Gasteiger partial charge in [-0.1, -0.05) is 0 Å². The Labute approximate surface area is 56.8 Å². The molecule has 0 amide bonds. The van der Waals surface area contributed by atoms with Crippen LogP contribution >= 0.6 is 0 Å². The molecule has 0 aliphatic heterocycles. The average Bonchev–Trinajstić information content (AvgIpc) is 1.93. The molecule has 0 unspecified atom stereocenters. The van der Waals surface area contributed by atoms with Crippen molar-refractivity contribution in [3.63, 3.8) is 0 Å². The molecule has 0 spiro atoms. The smallest absolute Gasteiger partial charge is 0.187 e. The zero-order chi connectivity index (χ0) is 7.72. The van der Waals surface area contributed by atoms with Crippen molar-refractivity contribution >= 4 is 11.6 Å². The van der Waals surface area contributed by atoms with Crippen molar-refractivity contribution in [1.29, 1.82) is 0 Å². The molecular formula is C6H6O4. The van der Waals surface area contributed by atoms with E-state index in [1.54, 1.807) is 0 Å². The highest BCUT2D eigenvalue weighted by molar-refractivity contribution is 6.09. The fraction of sp³-hybridized carbons (Fsp3) is 0.333. The number of hydrogen-bond donors (Lipinski definition) is 2. The second-order valence-electron chi connectivity index (χ2n) is 2.03. The third kappa shape index (κ3) is 0.984. The van der Waals surface area contributed by atoms with Crippen LogP contribution in [0.15, 0.2) is 12.2 Å². The Kier molecular flexibility index (Phi) is 1.65. The van der Waals surface area contributed by atoms with Gasteiger partial charge < -0.3 is 10.2 Å². The molecule has 1 aliphatic carbocycles. The Morgan fingerprint density at radius 3 is 1.60 bits per heavy atom. The minimum Gasteiger partial charge on any atom is -0.382 e. The number of rotatable bonds is 0. The zero-order valence-electron chi connectivity index (χ0n) is 5.02. The maximum Gasteiger partial charge on any atom is 0.187 e. The van der Waals surface area contributed by atoms with E-state index in [2.05, 4.69) is 0 Å². The largest absolute Gasteiger partial charge is 0.382 e. The molecule has 0 fully saturated rings. The van der Waals surface area contributed by atoms with Crippen molar-refractivity contribution in [2.75, 3.05) is 0 Å². The second kappa shape index (κ2) is 2.32. The summed E-state index contributed by atoms with van der Waals surface area (Å²) in [5, 5.41) is 17.5. The first-order valence-corrected chi connectivity index (χ1v) is 2.75. The van der Waals surface area contributed by atoms with E-state index in [1.165, 1.54) is 0 Å². The Hall–Kier alpha value is -1.00. The van der Waals surface area contributed by atoms with Crippen molar-refractivity contribution in [1.82, 2.24) is 0 Å². The summed E-state index contributed by atoms with van der Waals surface area (Å²) in [6, 6.07) is 0. The SMILES string of the molecule is O=C1C=CC(=O)[C@@H](O)[C@@H]1O. The minimum absolute atomic E-state index is 0.632. The molecule has 1 rings (SSSR count). The Balaban J connectivity index is 2.89. The van der Waals surface area contributed by atoms with Crippen LogP contribution in [0.25, 0.3) is 0 Å². The molecule has 54 valence electrons. The topological polar surface area (TPSA) is 74.6 Å². The molecule has 0 saturated heterocycles. The van der Waals surface area contributed by atoms with Gasteiger partial charge in [-0.2, -0.15) is 0 Å². The van der Waals surface area contributed by atoms with Crippen LogP contribution in [0.1, 0.15) is 0 Å². The molecule has 0 radical (unpaired) electrons. The number of ketones is 2. The van der Waals surface area contributed by atoms with E-state index in [9.17, 15) is 9.59 Å². The van der Waals surface area contributed by atoms with Gasteiger partial charge in [-0.05, 0) is 12.2 Å². The molecule has 0 aromatic rings. The lowest BCUT2D eigenvalue weighted by molar-refractivity contribution is -0.139. The average molecular weight is 142 g/mol. The van der Waals surface area contributed by atoms with E-state index in [0.29, 0.717) is 0 Å². The maximum atomic E-state index is 10.5. The van der Waals surface area contributed by atoms with Crippen molar-refractivity contribution in [3.05, 3.63) is 12.2 Å². The van der Waals surface area contributed by atoms with Crippen LogP contribution in [-0.2, 0) is 9.59 Å². The minimum atomic E-state index is -1.57. The summed E-state index contributed by atoms with van der Waals surface area (Å²) in [5.41, 5.74) is 0. The molecule has 2 atom stereocenters. The first-order valence-electron chi connectivity index (χ1n) is 2.75. The third-order valence-electron chi connectivity index (χ3n) is 1.29. The lowest BCUT2D eigenvalue weighted by Crippen LogP contribution is -2.41. The molecule has 4 heteroatoms. The monoisotopic (exact) mass is 142 g/mol. The maximum absolute atomic E-state index is 10.5. The van der Waals surface area contributed by atoms with Crippen LogP contribution in [0.4, 0.5) is 0 Å². The van der Waals surface area contributed by atoms with Crippen molar-refractivity contribution in [2.24, 2.45) is 0 Å². The third-order valence-corrected chi connectivity index (χ3v) is 1.29. The summed E-state index contributed by atoms with van der Waals surface area (Å²) in [6.07, 6.45) is -1.23. The van der Waals surface area contributed by atoms with Crippen LogP contribution in [0.5, 0.6) is 0 Å². The predicted octanol–water partition coefficient (Wildman–Crippen LogP) is -1.58. The number of carbonyl (C=O) groups excluding carboxylic acids is 2. The van der Waals surface area contributed by atoms with E-state index in [-0.39, 0.29) is 0 Å². The van der Waals surface area contributed by atoms with Crippen LogP contribution in [0, 0.1) is 0 Å². The van der Waals surface area contributed by atoms with Gasteiger partial charge in [0.25, 0.3) is 0 Å². The molecule has 0 heterocycles. The molecule has 1 aliphatic rings. The Morgan fingerprint density at radius 2 is 1.30 bits per heavy atom. The fourth-order valence-corrected chi connectivity index (χ4v) is 0.673. The van der Waals surface area contributed by atoms with E-state index < -0.39 is 23.8 Å². The van der Waals surface area contributed by atoms with Gasteiger partial charge in [0.05, 0.1) is 0 Å². The van der Waals surface area contributed by atoms with E-state index >= 15 is 0 Å². The molecule has 0 bridgehead atoms. The molecule has 10 heavy (non-hydrogen) atoms. The van der Waals surface area contributed by atoms with Crippen molar-refractivity contribution in [3.8, 4) is 0 Å². The first kappa shape index (κ1) is 7.11. The first-order chi connectivity index (χ1) is 4.63. The molecule has 0 aromatic carbocycles. The summed E-state index contributed by atoms with van der Waals surface area (Å²) in [4.78, 5) is 21.0. The normalized spacial score (nSPS) is 33.0. The van der Waals surface area contributed by atoms with Gasteiger partial charge in [-0.15, -0.1) is 0 Å². The molecule has 2 N–H and O–H groups in total. The zero-order valence-corrected chi connectivity index (χ0v) is 5.02. The van der Waals surface area contributed by atoms with Gasteiger partial charge in [-0.25, -0.2) is 0 Å². The summed E-state index contributed by atoms with van der Waals surface area (Å²) in [5.74, 6) is -1.26. The predicted molar refractivity (Wildman–Crippen MR) is 31.2 cm³/mol. The van der Waals surface area contributed by atoms with Gasteiger partial charge in [-0.3, -0.25) is 9.59 Å². The van der Waals surface area contributed by atoms with E-state index in [1.807, 2.05) is 0 Å². The quantitative estimate of drug-likeness (QED) is 0.428. The Bertz CT molecular complexity index is 184. The van der Waals surface area contributed by atoms with Gasteiger partial charge in [0.1, 0.15) is 12.2 Å². The molecule has 0 aromatic heterocycles. The van der Waals surface area contributed by atoms with Gasteiger partial charge in [0, 0.05) is 0 Å². The van der Waals surface area contributed by atoms with Crippen LogP contribution < -0.4 is 0 Å². The highest BCUT2D eigenvalue weighted by Crippen LogP contribution is 2.04. The summed E-state index contributed by atoms with van der Waals surface area (Å²) < 4.78 is 0. The fourth-order valence-electron chi connectivity index (χ4n) is 0.673. The Morgan fingerprint density at radius 1 is 1.00 bits per heavy atom. The summed E-state index contributed by atoms with van der Waals surface area (Å²) in [7, 11) is 0. The van der Waals surface area contributed by atoms with Crippen LogP contribution in [0.3, 0.4) is 0 Å².